The van der Waals surface area contributed by atoms with Crippen LogP contribution in [0.1, 0.15) is 56.3 Å². The van der Waals surface area contributed by atoms with E-state index in [2.05, 4.69) is 20.6 Å². The number of imidazole rings is 1. The Hall–Kier alpha value is -4.00. The lowest BCUT2D eigenvalue weighted by Gasteiger charge is -2.07. The molecule has 5 rings (SSSR count). The number of carbonyl (C=O) groups is 3. The van der Waals surface area contributed by atoms with E-state index in [9.17, 15) is 14.4 Å². The smallest absolute Gasteiger partial charge is 0.256 e. The van der Waals surface area contributed by atoms with Crippen molar-refractivity contribution in [1.82, 2.24) is 9.97 Å². The van der Waals surface area contributed by atoms with Gasteiger partial charge in [0.15, 0.2) is 0 Å². The highest BCUT2D eigenvalue weighted by molar-refractivity contribution is 6.35. The third-order valence-corrected chi connectivity index (χ3v) is 5.62. The van der Waals surface area contributed by atoms with Gasteiger partial charge in [0.1, 0.15) is 12.1 Å². The molecule has 2 aromatic carbocycles. The van der Waals surface area contributed by atoms with Gasteiger partial charge in [-0.15, -0.1) is 0 Å². The van der Waals surface area contributed by atoms with E-state index in [1.165, 1.54) is 0 Å². The Labute approximate surface area is 178 Å². The summed E-state index contributed by atoms with van der Waals surface area (Å²) in [6, 6.07) is 11.7. The lowest BCUT2D eigenvalue weighted by molar-refractivity contribution is -0.110. The number of aryl methyl sites for hydroxylation is 2. The van der Waals surface area contributed by atoms with Crippen molar-refractivity contribution in [3.05, 3.63) is 76.4 Å². The molecule has 2 aliphatic rings. The first-order valence-corrected chi connectivity index (χ1v) is 10.2. The molecule has 7 nitrogen and oxygen atoms in total. The van der Waals surface area contributed by atoms with E-state index < -0.39 is 0 Å². The minimum Gasteiger partial charge on any atom is -0.342 e. The van der Waals surface area contributed by atoms with Gasteiger partial charge in [-0.3, -0.25) is 14.4 Å². The van der Waals surface area contributed by atoms with Crippen LogP contribution >= 0.6 is 0 Å². The van der Waals surface area contributed by atoms with Gasteiger partial charge < -0.3 is 15.6 Å². The van der Waals surface area contributed by atoms with E-state index in [0.717, 1.165) is 43.4 Å². The first kappa shape index (κ1) is 19.0. The van der Waals surface area contributed by atoms with Crippen LogP contribution < -0.4 is 10.6 Å². The van der Waals surface area contributed by atoms with Gasteiger partial charge in [-0.25, -0.2) is 4.98 Å². The van der Waals surface area contributed by atoms with Crippen molar-refractivity contribution in [2.75, 3.05) is 10.6 Å². The molecule has 1 aromatic heterocycles. The average Bonchev–Trinajstić information content (AvgIpc) is 3.34. The van der Waals surface area contributed by atoms with Crippen LogP contribution in [0.2, 0.25) is 0 Å². The van der Waals surface area contributed by atoms with Gasteiger partial charge in [0.05, 0.1) is 11.3 Å². The maximum absolute atomic E-state index is 12.6. The highest BCUT2D eigenvalue weighted by Crippen LogP contribution is 2.35. The van der Waals surface area contributed by atoms with Crippen LogP contribution in [0.4, 0.5) is 11.4 Å². The Balaban J connectivity index is 1.42. The lowest BCUT2D eigenvalue weighted by Crippen LogP contribution is -2.11. The molecule has 3 aromatic rings. The number of anilines is 2. The molecule has 0 saturated carbocycles. The number of hydrogen-bond donors (Lipinski definition) is 3. The molecule has 0 unspecified atom stereocenters. The zero-order valence-electron chi connectivity index (χ0n) is 16.7. The zero-order valence-corrected chi connectivity index (χ0v) is 16.7. The number of aromatic amines is 1. The van der Waals surface area contributed by atoms with Crippen LogP contribution in [0.25, 0.3) is 11.6 Å². The number of rotatable bonds is 4. The summed E-state index contributed by atoms with van der Waals surface area (Å²) >= 11 is 0. The number of nitrogens with zero attached hydrogens (tertiary/aromatic N) is 1. The number of H-pyrrole nitrogens is 1. The molecule has 7 heteroatoms. The second-order valence-electron chi connectivity index (χ2n) is 7.72. The number of aldehydes is 1. The number of hydrogen-bond acceptors (Lipinski definition) is 4. The van der Waals surface area contributed by atoms with Crippen molar-refractivity contribution < 1.29 is 14.4 Å². The molecule has 0 bridgehead atoms. The van der Waals surface area contributed by atoms with Gasteiger partial charge in [-0.05, 0) is 62.1 Å². The van der Waals surface area contributed by atoms with E-state index in [1.54, 1.807) is 48.5 Å². The fourth-order valence-electron chi connectivity index (χ4n) is 4.01. The summed E-state index contributed by atoms with van der Waals surface area (Å²) in [7, 11) is 0. The van der Waals surface area contributed by atoms with E-state index in [1.807, 2.05) is 0 Å². The minimum absolute atomic E-state index is 0.197. The number of nitrogens with one attached hydrogen (secondary N) is 3. The van der Waals surface area contributed by atoms with Gasteiger partial charge in [0.25, 0.3) is 11.8 Å². The molecule has 2 heterocycles. The Bertz CT molecular complexity index is 1210. The topological polar surface area (TPSA) is 104 Å². The highest BCUT2D eigenvalue weighted by Gasteiger charge is 2.25. The van der Waals surface area contributed by atoms with Crippen molar-refractivity contribution in [1.29, 1.82) is 0 Å². The molecule has 2 amide bonds. The normalized spacial score (nSPS) is 15.9. The predicted octanol–water partition coefficient (Wildman–Crippen LogP) is 3.85. The fraction of sp³-hybridized carbons (Fsp3) is 0.167. The summed E-state index contributed by atoms with van der Waals surface area (Å²) in [6.45, 7) is 0. The minimum atomic E-state index is -0.293. The monoisotopic (exact) mass is 412 g/mol. The molecule has 0 fully saturated rings. The Morgan fingerprint density at radius 1 is 1.06 bits per heavy atom. The molecule has 0 atom stereocenters. The Morgan fingerprint density at radius 2 is 1.87 bits per heavy atom. The van der Waals surface area contributed by atoms with Crippen molar-refractivity contribution in [2.24, 2.45) is 0 Å². The lowest BCUT2D eigenvalue weighted by atomic mass is 10.0. The SMILES string of the molecule is O=Cc1ccc(C(=O)Nc2ccc3c(c2)C(=Cc2nc4c([nH]2)CCCC4)C(=O)N3)cc1. The van der Waals surface area contributed by atoms with Gasteiger partial charge in [0.2, 0.25) is 0 Å². The molecule has 1 aliphatic carbocycles. The summed E-state index contributed by atoms with van der Waals surface area (Å²) in [5, 5.41) is 5.71. The van der Waals surface area contributed by atoms with Crippen molar-refractivity contribution >= 4 is 41.1 Å². The number of benzene rings is 2. The molecular formula is C24H20N4O3. The third-order valence-electron chi connectivity index (χ3n) is 5.62. The van der Waals surface area contributed by atoms with Crippen LogP contribution in [-0.4, -0.2) is 28.1 Å². The van der Waals surface area contributed by atoms with E-state index in [0.29, 0.717) is 39.5 Å². The largest absolute Gasteiger partial charge is 0.342 e. The highest BCUT2D eigenvalue weighted by atomic mass is 16.2. The number of carbonyl (C=O) groups excluding carboxylic acids is 3. The van der Waals surface area contributed by atoms with Crippen LogP contribution in [0.15, 0.2) is 42.5 Å². The Kier molecular flexibility index (Phi) is 4.71. The third kappa shape index (κ3) is 3.66. The summed E-state index contributed by atoms with van der Waals surface area (Å²) in [6.07, 6.45) is 6.73. The molecule has 0 radical (unpaired) electrons. The van der Waals surface area contributed by atoms with Gasteiger partial charge >= 0.3 is 0 Å². The number of amides is 2. The van der Waals surface area contributed by atoms with E-state index in [-0.39, 0.29) is 11.8 Å². The molecule has 0 saturated heterocycles. The molecule has 31 heavy (non-hydrogen) atoms. The number of fused-ring (bicyclic) bond motifs is 2. The standard InChI is InChI=1S/C24H20N4O3/c29-13-14-5-7-15(8-6-14)23(30)25-16-9-10-19-17(11-16)18(24(31)28-19)12-22-26-20-3-1-2-4-21(20)27-22/h5-13H,1-4H2,(H,25,30)(H,26,27)(H,28,31). The van der Waals surface area contributed by atoms with Crippen molar-refractivity contribution in [2.45, 2.75) is 25.7 Å². The van der Waals surface area contributed by atoms with Crippen LogP contribution in [-0.2, 0) is 17.6 Å². The second kappa shape index (κ2) is 7.68. The average molecular weight is 412 g/mol. The van der Waals surface area contributed by atoms with Crippen molar-refractivity contribution in [3.63, 3.8) is 0 Å². The molecule has 1 aliphatic heterocycles. The first-order chi connectivity index (χ1) is 15.1. The summed E-state index contributed by atoms with van der Waals surface area (Å²) in [5.41, 5.74) is 5.67. The predicted molar refractivity (Wildman–Crippen MR) is 118 cm³/mol. The maximum Gasteiger partial charge on any atom is 0.256 e. The van der Waals surface area contributed by atoms with Gasteiger partial charge in [-0.1, -0.05) is 12.1 Å². The first-order valence-electron chi connectivity index (χ1n) is 10.2. The molecule has 0 spiro atoms. The van der Waals surface area contributed by atoms with Crippen LogP contribution in [0.5, 0.6) is 0 Å². The molecular weight excluding hydrogens is 392 g/mol. The van der Waals surface area contributed by atoms with Gasteiger partial charge in [0, 0.05) is 33.8 Å². The van der Waals surface area contributed by atoms with Crippen LogP contribution in [0.3, 0.4) is 0 Å². The Morgan fingerprint density at radius 3 is 2.65 bits per heavy atom. The second-order valence-corrected chi connectivity index (χ2v) is 7.72. The summed E-state index contributed by atoms with van der Waals surface area (Å²) < 4.78 is 0. The zero-order chi connectivity index (χ0) is 21.4. The summed E-state index contributed by atoms with van der Waals surface area (Å²) in [4.78, 5) is 43.9. The number of aromatic nitrogens is 2. The van der Waals surface area contributed by atoms with E-state index >= 15 is 0 Å². The maximum atomic E-state index is 12.6. The van der Waals surface area contributed by atoms with Crippen LogP contribution in [0, 0.1) is 0 Å². The fourth-order valence-corrected chi connectivity index (χ4v) is 4.01. The van der Waals surface area contributed by atoms with E-state index in [4.69, 9.17) is 0 Å². The molecule has 3 N–H and O–H groups in total. The molecule has 154 valence electrons. The quantitative estimate of drug-likeness (QED) is 0.447. The van der Waals surface area contributed by atoms with Gasteiger partial charge in [-0.2, -0.15) is 0 Å². The summed E-state index contributed by atoms with van der Waals surface area (Å²) in [5.74, 6) is 0.186. The van der Waals surface area contributed by atoms with Crippen molar-refractivity contribution in [3.8, 4) is 0 Å².